The van der Waals surface area contributed by atoms with Crippen molar-refractivity contribution in [3.8, 4) is 0 Å². The van der Waals surface area contributed by atoms with Gasteiger partial charge in [0, 0.05) is 24.7 Å². The maximum absolute atomic E-state index is 11.6. The molecule has 0 aliphatic carbocycles. The molecule has 0 radical (unpaired) electrons. The van der Waals surface area contributed by atoms with E-state index in [9.17, 15) is 14.4 Å². The van der Waals surface area contributed by atoms with E-state index < -0.39 is 11.9 Å². The molecule has 0 saturated carbocycles. The Balaban J connectivity index is 3.06. The molecule has 0 aromatic heterocycles. The summed E-state index contributed by atoms with van der Waals surface area (Å²) < 4.78 is 0. The van der Waals surface area contributed by atoms with Gasteiger partial charge in [-0.05, 0) is 19.1 Å². The Labute approximate surface area is 111 Å². The van der Waals surface area contributed by atoms with Gasteiger partial charge in [0.05, 0.1) is 5.92 Å². The predicted octanol–water partition coefficient (Wildman–Crippen LogP) is 1.96. The third kappa shape index (κ3) is 3.91. The van der Waals surface area contributed by atoms with E-state index in [-0.39, 0.29) is 18.2 Å². The zero-order valence-electron chi connectivity index (χ0n) is 11.2. The number of nitrogens with zero attached hydrogens (tertiary/aromatic N) is 1. The Morgan fingerprint density at radius 3 is 2.37 bits per heavy atom. The highest BCUT2D eigenvalue weighted by Gasteiger charge is 2.20. The number of hydrogen-bond acceptors (Lipinski definition) is 3. The van der Waals surface area contributed by atoms with Crippen LogP contribution in [0, 0.1) is 5.92 Å². The molecule has 1 aromatic rings. The summed E-state index contributed by atoms with van der Waals surface area (Å²) in [6.07, 6.45) is 0. The summed E-state index contributed by atoms with van der Waals surface area (Å²) in [6, 6.07) is 6.61. The Bertz CT molecular complexity index is 510. The number of hydrogen-bond donors (Lipinski definition) is 1. The minimum atomic E-state index is -0.964. The van der Waals surface area contributed by atoms with Crippen LogP contribution in [0.3, 0.4) is 0 Å². The second-order valence-corrected chi connectivity index (χ2v) is 4.48. The number of benzene rings is 1. The van der Waals surface area contributed by atoms with Gasteiger partial charge in [-0.2, -0.15) is 0 Å². The van der Waals surface area contributed by atoms with E-state index in [1.807, 2.05) is 0 Å². The van der Waals surface area contributed by atoms with Crippen molar-refractivity contribution in [3.05, 3.63) is 29.8 Å². The fourth-order valence-corrected chi connectivity index (χ4v) is 1.66. The molecule has 1 N–H and O–H groups in total. The number of carboxylic acids is 1. The number of anilines is 1. The standard InChI is InChI=1S/C14H17NO4/c1-9(14(18)19)8-15(11(3)17)13-6-4-5-12(7-13)10(2)16/h4-7,9H,8H2,1-3H3,(H,18,19). The smallest absolute Gasteiger partial charge is 0.308 e. The van der Waals surface area contributed by atoms with Crippen molar-refractivity contribution in [2.45, 2.75) is 20.8 Å². The summed E-state index contributed by atoms with van der Waals surface area (Å²) >= 11 is 0. The van der Waals surface area contributed by atoms with E-state index in [4.69, 9.17) is 5.11 Å². The third-order valence-corrected chi connectivity index (χ3v) is 2.82. The van der Waals surface area contributed by atoms with Crippen LogP contribution >= 0.6 is 0 Å². The van der Waals surface area contributed by atoms with Crippen molar-refractivity contribution in [2.24, 2.45) is 5.92 Å². The Kier molecular flexibility index (Phi) is 4.80. The lowest BCUT2D eigenvalue weighted by atomic mass is 10.1. The van der Waals surface area contributed by atoms with Crippen LogP contribution in [0.2, 0.25) is 0 Å². The summed E-state index contributed by atoms with van der Waals surface area (Å²) in [7, 11) is 0. The topological polar surface area (TPSA) is 74.7 Å². The molecule has 0 fully saturated rings. The van der Waals surface area contributed by atoms with Crippen molar-refractivity contribution < 1.29 is 19.5 Å². The normalized spacial score (nSPS) is 11.7. The first-order valence-corrected chi connectivity index (χ1v) is 5.95. The van der Waals surface area contributed by atoms with Gasteiger partial charge in [0.25, 0.3) is 0 Å². The summed E-state index contributed by atoms with van der Waals surface area (Å²) in [5, 5.41) is 8.91. The lowest BCUT2D eigenvalue weighted by Gasteiger charge is -2.23. The van der Waals surface area contributed by atoms with Gasteiger partial charge in [0.2, 0.25) is 5.91 Å². The summed E-state index contributed by atoms with van der Waals surface area (Å²) in [5.74, 6) is -2.00. The highest BCUT2D eigenvalue weighted by molar-refractivity contribution is 5.97. The van der Waals surface area contributed by atoms with E-state index in [2.05, 4.69) is 0 Å². The summed E-state index contributed by atoms with van der Waals surface area (Å²) in [6.45, 7) is 4.42. The molecule has 102 valence electrons. The summed E-state index contributed by atoms with van der Waals surface area (Å²) in [5.41, 5.74) is 1.03. The fraction of sp³-hybridized carbons (Fsp3) is 0.357. The van der Waals surface area contributed by atoms with Crippen LogP contribution in [0.15, 0.2) is 24.3 Å². The molecule has 19 heavy (non-hydrogen) atoms. The van der Waals surface area contributed by atoms with Gasteiger partial charge in [-0.25, -0.2) is 0 Å². The van der Waals surface area contributed by atoms with Gasteiger partial charge in [0.1, 0.15) is 0 Å². The van der Waals surface area contributed by atoms with Gasteiger partial charge in [0.15, 0.2) is 5.78 Å². The highest BCUT2D eigenvalue weighted by atomic mass is 16.4. The minimum Gasteiger partial charge on any atom is -0.481 e. The van der Waals surface area contributed by atoms with Gasteiger partial charge >= 0.3 is 5.97 Å². The molecule has 5 heteroatoms. The van der Waals surface area contributed by atoms with Crippen molar-refractivity contribution in [1.82, 2.24) is 0 Å². The molecule has 0 aliphatic rings. The fourth-order valence-electron chi connectivity index (χ4n) is 1.66. The van der Waals surface area contributed by atoms with Crippen molar-refractivity contribution in [3.63, 3.8) is 0 Å². The molecule has 1 aromatic carbocycles. The number of rotatable bonds is 5. The lowest BCUT2D eigenvalue weighted by Crippen LogP contribution is -2.35. The molecule has 0 spiro atoms. The lowest BCUT2D eigenvalue weighted by molar-refractivity contribution is -0.140. The molecule has 0 saturated heterocycles. The minimum absolute atomic E-state index is 0.0754. The van der Waals surface area contributed by atoms with Gasteiger partial charge in [-0.1, -0.05) is 19.1 Å². The van der Waals surface area contributed by atoms with Crippen LogP contribution in [0.1, 0.15) is 31.1 Å². The molecule has 1 atom stereocenters. The largest absolute Gasteiger partial charge is 0.481 e. The number of carboxylic acid groups (broad SMARTS) is 1. The SMILES string of the molecule is CC(=O)c1cccc(N(CC(C)C(=O)O)C(C)=O)c1. The van der Waals surface area contributed by atoms with E-state index >= 15 is 0 Å². The number of carbonyl (C=O) groups is 3. The molecule has 0 aliphatic heterocycles. The van der Waals surface area contributed by atoms with Gasteiger partial charge in [-0.3, -0.25) is 14.4 Å². The Morgan fingerprint density at radius 2 is 1.89 bits per heavy atom. The average molecular weight is 263 g/mol. The van der Waals surface area contributed by atoms with Crippen LogP contribution in [-0.2, 0) is 9.59 Å². The zero-order valence-corrected chi connectivity index (χ0v) is 11.2. The zero-order chi connectivity index (χ0) is 14.6. The molecule has 1 rings (SSSR count). The van der Waals surface area contributed by atoms with Crippen LogP contribution in [0.25, 0.3) is 0 Å². The van der Waals surface area contributed by atoms with Crippen LogP contribution in [-0.4, -0.2) is 29.3 Å². The second kappa shape index (κ2) is 6.13. The first kappa shape index (κ1) is 14.9. The Morgan fingerprint density at radius 1 is 1.26 bits per heavy atom. The maximum atomic E-state index is 11.6. The number of ketones is 1. The Hall–Kier alpha value is -2.17. The second-order valence-electron chi connectivity index (χ2n) is 4.48. The molecular formula is C14H17NO4. The molecule has 5 nitrogen and oxygen atoms in total. The predicted molar refractivity (Wildman–Crippen MR) is 71.3 cm³/mol. The molecular weight excluding hydrogens is 246 g/mol. The monoisotopic (exact) mass is 263 g/mol. The average Bonchev–Trinajstić information content (AvgIpc) is 2.35. The van der Waals surface area contributed by atoms with Crippen LogP contribution in [0.4, 0.5) is 5.69 Å². The molecule has 0 heterocycles. The van der Waals surface area contributed by atoms with Crippen molar-refractivity contribution >= 4 is 23.3 Å². The highest BCUT2D eigenvalue weighted by Crippen LogP contribution is 2.18. The number of aliphatic carboxylic acids is 1. The van der Waals surface area contributed by atoms with E-state index in [1.54, 1.807) is 24.3 Å². The van der Waals surface area contributed by atoms with Gasteiger partial charge in [-0.15, -0.1) is 0 Å². The van der Waals surface area contributed by atoms with Gasteiger partial charge < -0.3 is 10.0 Å². The third-order valence-electron chi connectivity index (χ3n) is 2.82. The van der Waals surface area contributed by atoms with Crippen molar-refractivity contribution in [2.75, 3.05) is 11.4 Å². The first-order valence-electron chi connectivity index (χ1n) is 5.95. The van der Waals surface area contributed by atoms with Crippen LogP contribution in [0.5, 0.6) is 0 Å². The number of amides is 1. The summed E-state index contributed by atoms with van der Waals surface area (Å²) in [4.78, 5) is 35.2. The molecule has 1 amide bonds. The quantitative estimate of drug-likeness (QED) is 0.824. The molecule has 0 bridgehead atoms. The maximum Gasteiger partial charge on any atom is 0.308 e. The van der Waals surface area contributed by atoms with Crippen molar-refractivity contribution in [1.29, 1.82) is 0 Å². The first-order chi connectivity index (χ1) is 8.82. The van der Waals surface area contributed by atoms with Crippen LogP contribution < -0.4 is 4.90 Å². The number of carbonyl (C=O) groups excluding carboxylic acids is 2. The molecule has 1 unspecified atom stereocenters. The van der Waals surface area contributed by atoms with E-state index in [0.717, 1.165) is 0 Å². The number of Topliss-reactive ketones (excluding diaryl/α,β-unsaturated/α-hetero) is 1. The van der Waals surface area contributed by atoms with E-state index in [1.165, 1.54) is 25.7 Å². The van der Waals surface area contributed by atoms with E-state index in [0.29, 0.717) is 11.3 Å².